The number of benzene rings is 2. The number of thioether (sulfide) groups is 1. The number of nitrogens with zero attached hydrogens (tertiary/aromatic N) is 1. The Hall–Kier alpha value is -1.90. The van der Waals surface area contributed by atoms with Gasteiger partial charge in [-0.1, -0.05) is 30.7 Å². The normalized spacial score (nSPS) is 11.2. The molecule has 0 saturated carbocycles. The third-order valence-electron chi connectivity index (χ3n) is 4.23. The minimum absolute atomic E-state index is 0.260. The number of carbonyl (C=O) groups excluding carboxylic acids is 1. The molecule has 31 heavy (non-hydrogen) atoms. The molecule has 0 saturated heterocycles. The van der Waals surface area contributed by atoms with Crippen molar-refractivity contribution in [1.82, 2.24) is 5.32 Å². The van der Waals surface area contributed by atoms with Crippen molar-refractivity contribution in [2.45, 2.75) is 25.5 Å². The number of nitrogens with one attached hydrogen (secondary N) is 1. The SMILES string of the molecule is CCCOc1ccc(N(CC(=O)NCCCSCc2cccc(Cl)c2)S(C)(=O)=O)cc1. The number of anilines is 1. The van der Waals surface area contributed by atoms with Crippen LogP contribution in [0.4, 0.5) is 5.69 Å². The van der Waals surface area contributed by atoms with Crippen LogP contribution in [0.25, 0.3) is 0 Å². The largest absolute Gasteiger partial charge is 0.494 e. The average molecular weight is 485 g/mol. The lowest BCUT2D eigenvalue weighted by Crippen LogP contribution is -2.40. The van der Waals surface area contributed by atoms with Crippen LogP contribution in [0.5, 0.6) is 5.75 Å². The van der Waals surface area contributed by atoms with Gasteiger partial charge in [-0.25, -0.2) is 8.42 Å². The Morgan fingerprint density at radius 3 is 2.58 bits per heavy atom. The number of carbonyl (C=O) groups is 1. The van der Waals surface area contributed by atoms with E-state index in [1.807, 2.05) is 31.2 Å². The summed E-state index contributed by atoms with van der Waals surface area (Å²) in [6.07, 6.45) is 2.77. The standard InChI is InChI=1S/C22H29ClN2O4S2/c1-3-13-29-21-10-8-20(9-11-21)25(31(2,27)28)16-22(26)24-12-5-14-30-17-18-6-4-7-19(23)15-18/h4,6-11,15H,3,5,12-14,16-17H2,1-2H3,(H,24,26). The van der Waals surface area contributed by atoms with Crippen LogP contribution >= 0.6 is 23.4 Å². The first-order valence-corrected chi connectivity index (χ1v) is 13.5. The molecular formula is C22H29ClN2O4S2. The molecule has 0 aliphatic rings. The van der Waals surface area contributed by atoms with E-state index in [4.69, 9.17) is 16.3 Å². The lowest BCUT2D eigenvalue weighted by atomic mass is 10.2. The van der Waals surface area contributed by atoms with Crippen molar-refractivity contribution >= 4 is 45.0 Å². The van der Waals surface area contributed by atoms with E-state index in [-0.39, 0.29) is 12.5 Å². The number of sulfonamides is 1. The maximum atomic E-state index is 12.3. The minimum atomic E-state index is -3.60. The van der Waals surface area contributed by atoms with Crippen molar-refractivity contribution in [2.24, 2.45) is 0 Å². The van der Waals surface area contributed by atoms with Gasteiger partial charge in [0.2, 0.25) is 15.9 Å². The Bertz CT molecular complexity index is 937. The fraction of sp³-hybridized carbons (Fsp3) is 0.409. The first kappa shape index (κ1) is 25.4. The smallest absolute Gasteiger partial charge is 0.240 e. The van der Waals surface area contributed by atoms with E-state index in [0.29, 0.717) is 24.6 Å². The molecule has 170 valence electrons. The molecule has 0 aromatic heterocycles. The van der Waals surface area contributed by atoms with Gasteiger partial charge >= 0.3 is 0 Å². The molecule has 2 aromatic rings. The van der Waals surface area contributed by atoms with E-state index in [1.54, 1.807) is 36.0 Å². The third-order valence-corrected chi connectivity index (χ3v) is 6.72. The summed E-state index contributed by atoms with van der Waals surface area (Å²) in [5, 5.41) is 3.52. The molecule has 0 spiro atoms. The predicted molar refractivity (Wildman–Crippen MR) is 130 cm³/mol. The van der Waals surface area contributed by atoms with Crippen LogP contribution in [0.1, 0.15) is 25.3 Å². The molecule has 2 aromatic carbocycles. The molecule has 6 nitrogen and oxygen atoms in total. The summed E-state index contributed by atoms with van der Waals surface area (Å²) in [6, 6.07) is 14.5. The summed E-state index contributed by atoms with van der Waals surface area (Å²) in [5.41, 5.74) is 1.59. The summed E-state index contributed by atoms with van der Waals surface area (Å²) in [5.74, 6) is 2.06. The highest BCUT2D eigenvalue weighted by Crippen LogP contribution is 2.22. The predicted octanol–water partition coefficient (Wildman–Crippen LogP) is 4.33. The monoisotopic (exact) mass is 484 g/mol. The fourth-order valence-electron chi connectivity index (χ4n) is 2.73. The maximum Gasteiger partial charge on any atom is 0.240 e. The van der Waals surface area contributed by atoms with Crippen molar-refractivity contribution in [1.29, 1.82) is 0 Å². The summed E-state index contributed by atoms with van der Waals surface area (Å²) >= 11 is 7.74. The van der Waals surface area contributed by atoms with E-state index in [2.05, 4.69) is 5.32 Å². The molecule has 9 heteroatoms. The Labute approximate surface area is 194 Å². The van der Waals surface area contributed by atoms with Crippen LogP contribution in [-0.4, -0.2) is 46.0 Å². The van der Waals surface area contributed by atoms with Crippen LogP contribution in [0.15, 0.2) is 48.5 Å². The molecule has 0 aliphatic carbocycles. The number of amides is 1. The summed E-state index contributed by atoms with van der Waals surface area (Å²) in [7, 11) is -3.60. The molecule has 2 rings (SSSR count). The third kappa shape index (κ3) is 9.41. The first-order chi connectivity index (χ1) is 14.8. The average Bonchev–Trinajstić information content (AvgIpc) is 2.73. The van der Waals surface area contributed by atoms with Crippen molar-refractivity contribution in [3.05, 3.63) is 59.1 Å². The number of halogens is 1. The van der Waals surface area contributed by atoms with Gasteiger partial charge in [-0.05, 0) is 60.6 Å². The quantitative estimate of drug-likeness (QED) is 0.428. The number of hydrogen-bond acceptors (Lipinski definition) is 5. The number of ether oxygens (including phenoxy) is 1. The van der Waals surface area contributed by atoms with Gasteiger partial charge in [0.1, 0.15) is 12.3 Å². The molecule has 0 radical (unpaired) electrons. The Morgan fingerprint density at radius 1 is 1.19 bits per heavy atom. The number of hydrogen-bond donors (Lipinski definition) is 1. The van der Waals surface area contributed by atoms with E-state index in [0.717, 1.165) is 45.5 Å². The highest BCUT2D eigenvalue weighted by molar-refractivity contribution is 7.98. The Kier molecular flexibility index (Phi) is 10.5. The zero-order chi connectivity index (χ0) is 22.7. The lowest BCUT2D eigenvalue weighted by Gasteiger charge is -2.22. The van der Waals surface area contributed by atoms with Crippen LogP contribution in [0, 0.1) is 0 Å². The number of rotatable bonds is 13. The van der Waals surface area contributed by atoms with E-state index < -0.39 is 10.0 Å². The highest BCUT2D eigenvalue weighted by Gasteiger charge is 2.20. The van der Waals surface area contributed by atoms with E-state index >= 15 is 0 Å². The molecule has 0 atom stereocenters. The van der Waals surface area contributed by atoms with E-state index in [1.165, 1.54) is 0 Å². The molecule has 0 fully saturated rings. The Morgan fingerprint density at radius 2 is 1.94 bits per heavy atom. The lowest BCUT2D eigenvalue weighted by molar-refractivity contribution is -0.119. The fourth-order valence-corrected chi connectivity index (χ4v) is 4.71. The van der Waals surface area contributed by atoms with Crippen LogP contribution in [0.3, 0.4) is 0 Å². The minimum Gasteiger partial charge on any atom is -0.494 e. The van der Waals surface area contributed by atoms with Crippen LogP contribution in [0.2, 0.25) is 5.02 Å². The van der Waals surface area contributed by atoms with Gasteiger partial charge in [0.15, 0.2) is 0 Å². The zero-order valence-electron chi connectivity index (χ0n) is 17.8. The molecule has 1 N–H and O–H groups in total. The second kappa shape index (κ2) is 12.8. The first-order valence-electron chi connectivity index (χ1n) is 10.1. The molecular weight excluding hydrogens is 456 g/mol. The van der Waals surface area contributed by atoms with Gasteiger partial charge in [-0.2, -0.15) is 11.8 Å². The summed E-state index contributed by atoms with van der Waals surface area (Å²) < 4.78 is 31.0. The van der Waals surface area contributed by atoms with Gasteiger partial charge in [0.05, 0.1) is 18.6 Å². The molecule has 0 heterocycles. The second-order valence-electron chi connectivity index (χ2n) is 7.00. The Balaban J connectivity index is 1.78. The maximum absolute atomic E-state index is 12.3. The van der Waals surface area contributed by atoms with Crippen molar-refractivity contribution in [3.8, 4) is 5.75 Å². The summed E-state index contributed by atoms with van der Waals surface area (Å²) in [6.45, 7) is 2.83. The van der Waals surface area contributed by atoms with Crippen molar-refractivity contribution in [3.63, 3.8) is 0 Å². The van der Waals surface area contributed by atoms with Crippen molar-refractivity contribution in [2.75, 3.05) is 36.0 Å². The molecule has 0 aliphatic heterocycles. The highest BCUT2D eigenvalue weighted by atomic mass is 35.5. The van der Waals surface area contributed by atoms with Gasteiger partial charge in [0, 0.05) is 17.3 Å². The molecule has 1 amide bonds. The van der Waals surface area contributed by atoms with Crippen molar-refractivity contribution < 1.29 is 17.9 Å². The summed E-state index contributed by atoms with van der Waals surface area (Å²) in [4.78, 5) is 12.3. The van der Waals surface area contributed by atoms with Gasteiger partial charge in [-0.15, -0.1) is 0 Å². The zero-order valence-corrected chi connectivity index (χ0v) is 20.2. The van der Waals surface area contributed by atoms with Gasteiger partial charge in [0.25, 0.3) is 0 Å². The van der Waals surface area contributed by atoms with Crippen LogP contribution in [-0.2, 0) is 20.6 Å². The van der Waals surface area contributed by atoms with Gasteiger partial charge < -0.3 is 10.1 Å². The second-order valence-corrected chi connectivity index (χ2v) is 10.4. The molecule has 0 unspecified atom stereocenters. The molecule has 0 bridgehead atoms. The van der Waals surface area contributed by atoms with Gasteiger partial charge in [-0.3, -0.25) is 9.10 Å². The topological polar surface area (TPSA) is 75.7 Å². The van der Waals surface area contributed by atoms with E-state index in [9.17, 15) is 13.2 Å². The van der Waals surface area contributed by atoms with Crippen LogP contribution < -0.4 is 14.4 Å².